The molecule has 0 radical (unpaired) electrons. The molecule has 5 heteroatoms. The van der Waals surface area contributed by atoms with E-state index in [2.05, 4.69) is 33.4 Å². The lowest BCUT2D eigenvalue weighted by atomic mass is 9.93. The van der Waals surface area contributed by atoms with Crippen molar-refractivity contribution in [1.82, 2.24) is 10.2 Å². The van der Waals surface area contributed by atoms with Gasteiger partial charge in [0, 0.05) is 17.6 Å². The first-order valence-electron chi connectivity index (χ1n) is 9.12. The fourth-order valence-electron chi connectivity index (χ4n) is 3.80. The Kier molecular flexibility index (Phi) is 4.64. The molecule has 4 rings (SSSR count). The average Bonchev–Trinajstić information content (AvgIpc) is 3.42. The molecule has 2 aromatic rings. The normalized spacial score (nSPS) is 19.3. The van der Waals surface area contributed by atoms with Gasteiger partial charge in [-0.1, -0.05) is 52.3 Å². The summed E-state index contributed by atoms with van der Waals surface area (Å²) < 4.78 is 1.01. The van der Waals surface area contributed by atoms with E-state index < -0.39 is 0 Å². The maximum absolute atomic E-state index is 12.9. The lowest BCUT2D eigenvalue weighted by Crippen LogP contribution is -2.39. The molecule has 4 nitrogen and oxygen atoms in total. The van der Waals surface area contributed by atoms with Crippen molar-refractivity contribution >= 4 is 33.8 Å². The summed E-state index contributed by atoms with van der Waals surface area (Å²) in [6.07, 6.45) is 5.83. The van der Waals surface area contributed by atoms with Crippen LogP contribution in [0.2, 0.25) is 0 Å². The zero-order valence-electron chi connectivity index (χ0n) is 15.1. The zero-order valence-corrected chi connectivity index (χ0v) is 16.7. The maximum Gasteiger partial charge on any atom is 0.223 e. The van der Waals surface area contributed by atoms with E-state index in [0.29, 0.717) is 0 Å². The molecule has 2 amide bonds. The number of nitrogens with zero attached hydrogens (tertiary/aromatic N) is 1. The van der Waals surface area contributed by atoms with E-state index in [4.69, 9.17) is 0 Å². The number of fused-ring (bicyclic) bond motifs is 1. The topological polar surface area (TPSA) is 49.4 Å². The molecule has 1 aliphatic heterocycles. The maximum atomic E-state index is 12.9. The molecule has 0 saturated heterocycles. The summed E-state index contributed by atoms with van der Waals surface area (Å²) in [5, 5.41) is 3.23. The monoisotopic (exact) mass is 424 g/mol. The Balaban J connectivity index is 1.55. The van der Waals surface area contributed by atoms with Crippen LogP contribution in [0.3, 0.4) is 0 Å². The highest BCUT2D eigenvalue weighted by Gasteiger charge is 2.46. The van der Waals surface area contributed by atoms with Gasteiger partial charge in [-0.2, -0.15) is 0 Å². The summed E-state index contributed by atoms with van der Waals surface area (Å²) in [7, 11) is 0. The Morgan fingerprint density at radius 1 is 1.19 bits per heavy atom. The van der Waals surface area contributed by atoms with E-state index in [9.17, 15) is 9.59 Å². The van der Waals surface area contributed by atoms with Gasteiger partial charge in [-0.15, -0.1) is 0 Å². The van der Waals surface area contributed by atoms with E-state index >= 15 is 0 Å². The van der Waals surface area contributed by atoms with Crippen molar-refractivity contribution in [3.05, 3.63) is 75.9 Å². The Labute approximate surface area is 167 Å². The Hall–Kier alpha value is -2.40. The van der Waals surface area contributed by atoms with E-state index in [1.165, 1.54) is 6.92 Å². The minimum absolute atomic E-state index is 0.0335. The lowest BCUT2D eigenvalue weighted by Gasteiger charge is -2.32. The Morgan fingerprint density at radius 3 is 2.67 bits per heavy atom. The van der Waals surface area contributed by atoms with Crippen LogP contribution < -0.4 is 5.32 Å². The van der Waals surface area contributed by atoms with Crippen LogP contribution in [0.4, 0.5) is 0 Å². The molecule has 1 atom stereocenters. The highest BCUT2D eigenvalue weighted by atomic mass is 79.9. The summed E-state index contributed by atoms with van der Waals surface area (Å²) in [6, 6.07) is 15.7. The fraction of sp³-hybridized carbons (Fsp3) is 0.273. The standard InChI is InChI=1S/C22H21BrN2O2/c1-15(26)25-12-9-16-5-2-3-8-19(16)20(25)14-21(27)24-22(10-11-22)17-6-4-7-18(23)13-17/h2-9,12-13,20H,10-11,14H2,1H3,(H,24,27). The SMILES string of the molecule is CC(=O)N1C=Cc2ccccc2C1CC(=O)NC1(c2cccc(Br)c2)CC1. The van der Waals surface area contributed by atoms with Gasteiger partial charge in [0.2, 0.25) is 11.8 Å². The third-order valence-corrected chi connectivity index (χ3v) is 5.85. The van der Waals surface area contributed by atoms with Crippen LogP contribution in [0.1, 0.15) is 48.9 Å². The Morgan fingerprint density at radius 2 is 1.96 bits per heavy atom. The molecule has 1 fully saturated rings. The van der Waals surface area contributed by atoms with Crippen LogP contribution in [0.15, 0.2) is 59.2 Å². The molecule has 1 unspecified atom stereocenters. The highest BCUT2D eigenvalue weighted by Crippen LogP contribution is 2.46. The number of carbonyl (C=O) groups is 2. The molecule has 1 aliphatic carbocycles. The van der Waals surface area contributed by atoms with Crippen molar-refractivity contribution in [1.29, 1.82) is 0 Å². The van der Waals surface area contributed by atoms with E-state index in [1.807, 2.05) is 42.5 Å². The predicted octanol–water partition coefficient (Wildman–Crippen LogP) is 4.52. The van der Waals surface area contributed by atoms with Gasteiger partial charge < -0.3 is 10.2 Å². The first-order chi connectivity index (χ1) is 13.0. The molecule has 2 aromatic carbocycles. The van der Waals surface area contributed by atoms with Crippen molar-refractivity contribution in [2.45, 2.75) is 37.8 Å². The number of halogens is 1. The van der Waals surface area contributed by atoms with Crippen molar-refractivity contribution in [3.8, 4) is 0 Å². The molecule has 0 spiro atoms. The van der Waals surface area contributed by atoms with Crippen LogP contribution in [0.5, 0.6) is 0 Å². The third kappa shape index (κ3) is 3.56. The van der Waals surface area contributed by atoms with Gasteiger partial charge in [0.25, 0.3) is 0 Å². The van der Waals surface area contributed by atoms with Gasteiger partial charge >= 0.3 is 0 Å². The first kappa shape index (κ1) is 18.0. The van der Waals surface area contributed by atoms with Crippen LogP contribution in [0, 0.1) is 0 Å². The number of hydrogen-bond donors (Lipinski definition) is 1. The second-order valence-corrected chi connectivity index (χ2v) is 8.15. The number of amides is 2. The lowest BCUT2D eigenvalue weighted by molar-refractivity contribution is -0.130. The van der Waals surface area contributed by atoms with Gasteiger partial charge in [0.15, 0.2) is 0 Å². The third-order valence-electron chi connectivity index (χ3n) is 5.35. The van der Waals surface area contributed by atoms with Gasteiger partial charge in [0.1, 0.15) is 0 Å². The molecular weight excluding hydrogens is 404 g/mol. The van der Waals surface area contributed by atoms with E-state index in [-0.39, 0.29) is 29.8 Å². The van der Waals surface area contributed by atoms with Crippen LogP contribution in [0.25, 0.3) is 6.08 Å². The van der Waals surface area contributed by atoms with Crippen LogP contribution >= 0.6 is 15.9 Å². The number of rotatable bonds is 4. The second-order valence-electron chi connectivity index (χ2n) is 7.23. The largest absolute Gasteiger partial charge is 0.347 e. The molecule has 1 heterocycles. The predicted molar refractivity (Wildman–Crippen MR) is 109 cm³/mol. The first-order valence-corrected chi connectivity index (χ1v) is 9.91. The van der Waals surface area contributed by atoms with Crippen LogP contribution in [-0.2, 0) is 15.1 Å². The molecule has 1 N–H and O–H groups in total. The molecule has 2 aliphatic rings. The quantitative estimate of drug-likeness (QED) is 0.783. The van der Waals surface area contributed by atoms with Gasteiger partial charge in [0.05, 0.1) is 18.0 Å². The summed E-state index contributed by atoms with van der Waals surface area (Å²) in [6.45, 7) is 1.53. The van der Waals surface area contributed by atoms with E-state index in [0.717, 1.165) is 34.0 Å². The number of carbonyl (C=O) groups excluding carboxylic acids is 2. The average molecular weight is 425 g/mol. The van der Waals surface area contributed by atoms with E-state index in [1.54, 1.807) is 11.1 Å². The van der Waals surface area contributed by atoms with Gasteiger partial charge in [-0.05, 0) is 47.7 Å². The second kappa shape index (κ2) is 6.97. The molecule has 0 aromatic heterocycles. The highest BCUT2D eigenvalue weighted by molar-refractivity contribution is 9.10. The number of nitrogens with one attached hydrogen (secondary N) is 1. The summed E-state index contributed by atoms with van der Waals surface area (Å²) in [4.78, 5) is 26.7. The number of hydrogen-bond acceptors (Lipinski definition) is 2. The smallest absolute Gasteiger partial charge is 0.223 e. The zero-order chi connectivity index (χ0) is 19.0. The molecule has 138 valence electrons. The Bertz CT molecular complexity index is 933. The molecule has 0 bridgehead atoms. The van der Waals surface area contributed by atoms with Crippen molar-refractivity contribution in [3.63, 3.8) is 0 Å². The van der Waals surface area contributed by atoms with Crippen molar-refractivity contribution in [2.24, 2.45) is 0 Å². The fourth-order valence-corrected chi connectivity index (χ4v) is 4.20. The molecule has 27 heavy (non-hydrogen) atoms. The van der Waals surface area contributed by atoms with Crippen molar-refractivity contribution < 1.29 is 9.59 Å². The van der Waals surface area contributed by atoms with Gasteiger partial charge in [-0.3, -0.25) is 9.59 Å². The van der Waals surface area contributed by atoms with Crippen LogP contribution in [-0.4, -0.2) is 16.7 Å². The molecule has 1 saturated carbocycles. The summed E-state index contributed by atoms with van der Waals surface area (Å²) >= 11 is 3.51. The minimum atomic E-state index is -0.276. The molecular formula is C22H21BrN2O2. The summed E-state index contributed by atoms with van der Waals surface area (Å²) in [5.41, 5.74) is 2.92. The number of benzene rings is 2. The summed E-state index contributed by atoms with van der Waals surface area (Å²) in [5.74, 6) is -0.0968. The van der Waals surface area contributed by atoms with Gasteiger partial charge in [-0.25, -0.2) is 0 Å². The minimum Gasteiger partial charge on any atom is -0.347 e. The van der Waals surface area contributed by atoms with Crippen molar-refractivity contribution in [2.75, 3.05) is 0 Å².